The molecule has 0 spiro atoms. The van der Waals surface area contributed by atoms with Gasteiger partial charge in [-0.3, -0.25) is 4.90 Å². The van der Waals surface area contributed by atoms with E-state index in [1.54, 1.807) is 29.5 Å². The third-order valence-electron chi connectivity index (χ3n) is 11.3. The van der Waals surface area contributed by atoms with Gasteiger partial charge in [-0.05, 0) is 97.5 Å². The molecular formula is C45H35BF2N2S. The van der Waals surface area contributed by atoms with E-state index in [4.69, 9.17) is 0 Å². The molecule has 0 atom stereocenters. The molecule has 3 heterocycles. The summed E-state index contributed by atoms with van der Waals surface area (Å²) in [6.07, 6.45) is 0. The SMILES string of the molecule is CC(C)(C)c1cccc2c1C(C)(C)c1c-2ccc2c1N(c1ccccc1F)c1cccc3c1B2c1c(sc2ccccc12)N3c1ccccc1F. The van der Waals surface area contributed by atoms with E-state index in [9.17, 15) is 0 Å². The molecule has 10 rings (SSSR count). The summed E-state index contributed by atoms with van der Waals surface area (Å²) in [5, 5.41) is 2.17. The molecule has 0 saturated carbocycles. The monoisotopic (exact) mass is 684 g/mol. The second kappa shape index (κ2) is 10.4. The van der Waals surface area contributed by atoms with E-state index in [0.29, 0.717) is 11.4 Å². The van der Waals surface area contributed by atoms with Gasteiger partial charge in [-0.2, -0.15) is 0 Å². The molecule has 0 unspecified atom stereocenters. The van der Waals surface area contributed by atoms with Gasteiger partial charge >= 0.3 is 0 Å². The first kappa shape index (κ1) is 30.6. The summed E-state index contributed by atoms with van der Waals surface area (Å²) in [6, 6.07) is 40.2. The Bertz CT molecular complexity index is 2620. The van der Waals surface area contributed by atoms with Gasteiger partial charge in [-0.25, -0.2) is 8.78 Å². The highest BCUT2D eigenvalue weighted by Gasteiger charge is 2.50. The van der Waals surface area contributed by atoms with Gasteiger partial charge in [0.05, 0.1) is 16.4 Å². The van der Waals surface area contributed by atoms with Gasteiger partial charge in [0.15, 0.2) is 0 Å². The Morgan fingerprint density at radius 3 is 1.88 bits per heavy atom. The first-order chi connectivity index (χ1) is 24.6. The van der Waals surface area contributed by atoms with Crippen LogP contribution in [0.5, 0.6) is 0 Å². The normalized spacial score (nSPS) is 15.0. The molecule has 1 aliphatic carbocycles. The topological polar surface area (TPSA) is 6.48 Å². The molecule has 51 heavy (non-hydrogen) atoms. The lowest BCUT2D eigenvalue weighted by atomic mass is 9.33. The fourth-order valence-electron chi connectivity index (χ4n) is 9.30. The summed E-state index contributed by atoms with van der Waals surface area (Å²) >= 11 is 1.70. The predicted octanol–water partition coefficient (Wildman–Crippen LogP) is 10.9. The minimum atomic E-state index is -0.383. The van der Waals surface area contributed by atoms with Crippen molar-refractivity contribution in [3.63, 3.8) is 0 Å². The molecule has 248 valence electrons. The zero-order valence-electron chi connectivity index (χ0n) is 29.2. The maximum Gasteiger partial charge on any atom is 0.254 e. The second-order valence-electron chi connectivity index (χ2n) is 15.6. The number of rotatable bonds is 2. The van der Waals surface area contributed by atoms with Crippen LogP contribution in [0.4, 0.5) is 42.2 Å². The van der Waals surface area contributed by atoms with Gasteiger partial charge in [-0.1, -0.05) is 113 Å². The molecule has 1 aromatic heterocycles. The number of para-hydroxylation sites is 2. The average molecular weight is 685 g/mol. The third-order valence-corrected chi connectivity index (χ3v) is 12.5. The van der Waals surface area contributed by atoms with E-state index in [1.165, 1.54) is 33.9 Å². The summed E-state index contributed by atoms with van der Waals surface area (Å²) in [4.78, 5) is 4.26. The number of anilines is 6. The van der Waals surface area contributed by atoms with Crippen LogP contribution in [0.3, 0.4) is 0 Å². The Hall–Kier alpha value is -5.20. The molecule has 0 saturated heterocycles. The number of hydrogen-bond donors (Lipinski definition) is 0. The van der Waals surface area contributed by atoms with E-state index < -0.39 is 0 Å². The van der Waals surface area contributed by atoms with Gasteiger partial charge in [0.25, 0.3) is 6.71 Å². The van der Waals surface area contributed by atoms with E-state index >= 15 is 8.78 Å². The average Bonchev–Trinajstić information content (AvgIpc) is 3.61. The first-order valence-corrected chi connectivity index (χ1v) is 18.4. The van der Waals surface area contributed by atoms with Crippen LogP contribution in [0.25, 0.3) is 21.2 Å². The summed E-state index contributed by atoms with van der Waals surface area (Å²) < 4.78 is 33.5. The fraction of sp³-hybridized carbons (Fsp3) is 0.156. The van der Waals surface area contributed by atoms with Crippen LogP contribution in [-0.4, -0.2) is 6.71 Å². The Labute approximate surface area is 301 Å². The van der Waals surface area contributed by atoms with Crippen LogP contribution >= 0.6 is 11.3 Å². The largest absolute Gasteiger partial charge is 0.308 e. The molecule has 0 amide bonds. The van der Waals surface area contributed by atoms with Crippen molar-refractivity contribution in [1.29, 1.82) is 0 Å². The Kier molecular flexibility index (Phi) is 6.26. The maximum absolute atomic E-state index is 16.4. The Morgan fingerprint density at radius 1 is 0.588 bits per heavy atom. The van der Waals surface area contributed by atoms with Crippen molar-refractivity contribution >= 4 is 78.0 Å². The number of benzene rings is 6. The molecule has 2 nitrogen and oxygen atoms in total. The lowest BCUT2D eigenvalue weighted by molar-refractivity contribution is 0.557. The predicted molar refractivity (Wildman–Crippen MR) is 212 cm³/mol. The second-order valence-corrected chi connectivity index (χ2v) is 16.6. The van der Waals surface area contributed by atoms with Crippen molar-refractivity contribution < 1.29 is 8.78 Å². The minimum Gasteiger partial charge on any atom is -0.308 e. The number of nitrogens with zero attached hydrogens (tertiary/aromatic N) is 2. The standard InChI is InChI=1S/C45H35BF2N2S/c1-44(2,3)29-16-12-15-26-27-24-25-30-42(39(27)45(4,5)38(26)29)49(33-19-9-7-17-31(33)47)35-21-13-22-36-41(35)46(30)40-28-14-6-11-23-37(28)51-43(40)50(36)34-20-10-8-18-32(34)48/h6-25H,1-5H3. The smallest absolute Gasteiger partial charge is 0.254 e. The number of thiophene rings is 1. The van der Waals surface area contributed by atoms with Crippen LogP contribution in [0.15, 0.2) is 121 Å². The first-order valence-electron chi connectivity index (χ1n) is 17.6. The van der Waals surface area contributed by atoms with E-state index in [-0.39, 0.29) is 29.2 Å². The molecule has 7 aromatic rings. The summed E-state index contributed by atoms with van der Waals surface area (Å²) in [6.45, 7) is 11.4. The zero-order chi connectivity index (χ0) is 35.0. The molecular weight excluding hydrogens is 649 g/mol. The molecule has 0 bridgehead atoms. The maximum atomic E-state index is 16.4. The highest BCUT2D eigenvalue weighted by atomic mass is 32.1. The van der Waals surface area contributed by atoms with Crippen LogP contribution in [0.2, 0.25) is 0 Å². The van der Waals surface area contributed by atoms with Crippen molar-refractivity contribution in [3.8, 4) is 11.1 Å². The van der Waals surface area contributed by atoms with E-state index in [1.807, 2.05) is 30.3 Å². The summed E-state index contributed by atoms with van der Waals surface area (Å²) in [5.41, 5.74) is 13.1. The zero-order valence-corrected chi connectivity index (χ0v) is 30.0. The van der Waals surface area contributed by atoms with Gasteiger partial charge in [-0.15, -0.1) is 11.3 Å². The van der Waals surface area contributed by atoms with Gasteiger partial charge in [0.1, 0.15) is 11.6 Å². The van der Waals surface area contributed by atoms with Crippen molar-refractivity contribution in [1.82, 2.24) is 0 Å². The van der Waals surface area contributed by atoms with Crippen molar-refractivity contribution in [3.05, 3.63) is 150 Å². The lowest BCUT2D eigenvalue weighted by Gasteiger charge is -2.45. The van der Waals surface area contributed by atoms with Crippen molar-refractivity contribution in [2.45, 2.75) is 45.4 Å². The van der Waals surface area contributed by atoms with Gasteiger partial charge < -0.3 is 4.90 Å². The van der Waals surface area contributed by atoms with Crippen LogP contribution < -0.4 is 26.2 Å². The van der Waals surface area contributed by atoms with Crippen LogP contribution in [-0.2, 0) is 10.8 Å². The van der Waals surface area contributed by atoms with E-state index in [2.05, 4.69) is 111 Å². The van der Waals surface area contributed by atoms with Gasteiger partial charge in [0, 0.05) is 27.2 Å². The Balaban J connectivity index is 1.36. The highest BCUT2D eigenvalue weighted by Crippen LogP contribution is 2.57. The lowest BCUT2D eigenvalue weighted by Crippen LogP contribution is -2.61. The van der Waals surface area contributed by atoms with Crippen LogP contribution in [0.1, 0.15) is 51.3 Å². The quantitative estimate of drug-likeness (QED) is 0.167. The molecule has 2 aliphatic heterocycles. The molecule has 3 aliphatic rings. The third kappa shape index (κ3) is 4.03. The highest BCUT2D eigenvalue weighted by molar-refractivity contribution is 7.26. The minimum absolute atomic E-state index is 0.0680. The Morgan fingerprint density at radius 2 is 1.18 bits per heavy atom. The van der Waals surface area contributed by atoms with Crippen molar-refractivity contribution in [2.75, 3.05) is 9.80 Å². The van der Waals surface area contributed by atoms with Crippen LogP contribution in [0, 0.1) is 11.6 Å². The van der Waals surface area contributed by atoms with Crippen molar-refractivity contribution in [2.24, 2.45) is 0 Å². The molecule has 0 radical (unpaired) electrons. The number of hydrogen-bond acceptors (Lipinski definition) is 3. The molecule has 0 N–H and O–H groups in total. The molecule has 6 heteroatoms. The summed E-state index contributed by atoms with van der Waals surface area (Å²) in [7, 11) is 0. The summed E-state index contributed by atoms with van der Waals surface area (Å²) in [5.74, 6) is -0.574. The molecule has 0 fully saturated rings. The number of fused-ring (bicyclic) bond motifs is 10. The molecule has 6 aromatic carbocycles. The van der Waals surface area contributed by atoms with E-state index in [0.717, 1.165) is 48.5 Å². The van der Waals surface area contributed by atoms with Gasteiger partial charge in [0.2, 0.25) is 0 Å². The number of halogens is 2. The fourth-order valence-corrected chi connectivity index (χ4v) is 10.6.